The fourth-order valence-corrected chi connectivity index (χ4v) is 2.55. The van der Waals surface area contributed by atoms with E-state index in [0.717, 1.165) is 16.5 Å². The van der Waals surface area contributed by atoms with Crippen molar-refractivity contribution in [2.24, 2.45) is 0 Å². The van der Waals surface area contributed by atoms with Gasteiger partial charge in [0.15, 0.2) is 5.65 Å². The number of hydrogen-bond acceptors (Lipinski definition) is 4. The van der Waals surface area contributed by atoms with Crippen LogP contribution in [0.1, 0.15) is 15.9 Å². The Morgan fingerprint density at radius 2 is 2.04 bits per heavy atom. The molecule has 0 radical (unpaired) electrons. The molecule has 112 valence electrons. The van der Waals surface area contributed by atoms with Crippen LogP contribution in [0.3, 0.4) is 0 Å². The van der Waals surface area contributed by atoms with Crippen molar-refractivity contribution in [1.29, 1.82) is 0 Å². The van der Waals surface area contributed by atoms with Crippen molar-refractivity contribution < 1.29 is 4.79 Å². The number of carbonyl (C=O) groups excluding carboxylic acids is 1. The summed E-state index contributed by atoms with van der Waals surface area (Å²) in [6, 6.07) is 13.3. The molecule has 0 fully saturated rings. The average Bonchev–Trinajstić information content (AvgIpc) is 3.07. The predicted octanol–water partition coefficient (Wildman–Crippen LogP) is 2.21. The SMILES string of the molecule is O=C(NCc1ccnc2ccccc12)c1ccc2nncn2c1. The highest BCUT2D eigenvalue weighted by Gasteiger charge is 2.08. The van der Waals surface area contributed by atoms with E-state index in [4.69, 9.17) is 0 Å². The number of rotatable bonds is 3. The Labute approximate surface area is 131 Å². The van der Waals surface area contributed by atoms with Gasteiger partial charge in [-0.25, -0.2) is 0 Å². The standard InChI is InChI=1S/C17H13N5O/c23-17(13-5-6-16-21-20-11-22(16)10-13)19-9-12-7-8-18-15-4-2-1-3-14(12)15/h1-8,10-11H,9H2,(H,19,23). The maximum atomic E-state index is 12.3. The van der Waals surface area contributed by atoms with E-state index in [9.17, 15) is 4.79 Å². The highest BCUT2D eigenvalue weighted by Crippen LogP contribution is 2.16. The normalized spacial score (nSPS) is 11.0. The Kier molecular flexibility index (Phi) is 3.20. The number of benzene rings is 1. The van der Waals surface area contributed by atoms with Crippen LogP contribution in [-0.2, 0) is 6.54 Å². The van der Waals surface area contributed by atoms with Gasteiger partial charge in [0, 0.05) is 24.3 Å². The monoisotopic (exact) mass is 303 g/mol. The summed E-state index contributed by atoms with van der Waals surface area (Å²) in [7, 11) is 0. The second-order valence-corrected chi connectivity index (χ2v) is 5.18. The molecule has 4 rings (SSSR count). The molecule has 0 saturated heterocycles. The Balaban J connectivity index is 1.56. The molecule has 0 aliphatic carbocycles. The molecule has 1 N–H and O–H groups in total. The lowest BCUT2D eigenvalue weighted by molar-refractivity contribution is 0.0950. The molecule has 0 aliphatic rings. The summed E-state index contributed by atoms with van der Waals surface area (Å²) in [6.45, 7) is 0.447. The van der Waals surface area contributed by atoms with Crippen molar-refractivity contribution in [3.05, 3.63) is 72.3 Å². The first kappa shape index (κ1) is 13.4. The van der Waals surface area contributed by atoms with Gasteiger partial charge in [-0.05, 0) is 29.8 Å². The molecule has 0 unspecified atom stereocenters. The minimum atomic E-state index is -0.138. The summed E-state index contributed by atoms with van der Waals surface area (Å²) in [4.78, 5) is 16.7. The molecule has 3 aromatic heterocycles. The van der Waals surface area contributed by atoms with Crippen molar-refractivity contribution in [3.63, 3.8) is 0 Å². The number of carbonyl (C=O) groups is 1. The van der Waals surface area contributed by atoms with Crippen LogP contribution in [0.25, 0.3) is 16.6 Å². The van der Waals surface area contributed by atoms with Gasteiger partial charge >= 0.3 is 0 Å². The quantitative estimate of drug-likeness (QED) is 0.630. The van der Waals surface area contributed by atoms with E-state index < -0.39 is 0 Å². The number of amides is 1. The van der Waals surface area contributed by atoms with Crippen LogP contribution in [0.15, 0.2) is 61.2 Å². The van der Waals surface area contributed by atoms with Crippen LogP contribution in [0.4, 0.5) is 0 Å². The molecule has 1 aromatic carbocycles. The maximum absolute atomic E-state index is 12.3. The Morgan fingerprint density at radius 3 is 3.00 bits per heavy atom. The van der Waals surface area contributed by atoms with Crippen LogP contribution < -0.4 is 5.32 Å². The molecule has 0 atom stereocenters. The predicted molar refractivity (Wildman–Crippen MR) is 85.9 cm³/mol. The van der Waals surface area contributed by atoms with Crippen molar-refractivity contribution in [2.75, 3.05) is 0 Å². The van der Waals surface area contributed by atoms with Gasteiger partial charge in [-0.2, -0.15) is 0 Å². The van der Waals surface area contributed by atoms with Gasteiger partial charge in [0.05, 0.1) is 11.1 Å². The van der Waals surface area contributed by atoms with Crippen LogP contribution in [0.2, 0.25) is 0 Å². The summed E-state index contributed by atoms with van der Waals surface area (Å²) in [5.41, 5.74) is 3.23. The maximum Gasteiger partial charge on any atom is 0.253 e. The summed E-state index contributed by atoms with van der Waals surface area (Å²) >= 11 is 0. The number of para-hydroxylation sites is 1. The number of nitrogens with zero attached hydrogens (tertiary/aromatic N) is 4. The third kappa shape index (κ3) is 2.50. The molecule has 23 heavy (non-hydrogen) atoms. The topological polar surface area (TPSA) is 72.2 Å². The van der Waals surface area contributed by atoms with Crippen molar-refractivity contribution in [2.45, 2.75) is 6.54 Å². The second kappa shape index (κ2) is 5.49. The van der Waals surface area contributed by atoms with Crippen molar-refractivity contribution in [3.8, 4) is 0 Å². The summed E-state index contributed by atoms with van der Waals surface area (Å²) in [6.07, 6.45) is 5.05. The third-order valence-corrected chi connectivity index (χ3v) is 3.73. The molecule has 3 heterocycles. The zero-order valence-electron chi connectivity index (χ0n) is 12.2. The molecule has 6 heteroatoms. The summed E-state index contributed by atoms with van der Waals surface area (Å²) in [5.74, 6) is -0.138. The first-order valence-electron chi connectivity index (χ1n) is 7.21. The second-order valence-electron chi connectivity index (χ2n) is 5.18. The zero-order valence-corrected chi connectivity index (χ0v) is 12.2. The van der Waals surface area contributed by atoms with E-state index in [1.165, 1.54) is 0 Å². The molecular weight excluding hydrogens is 290 g/mol. The smallest absolute Gasteiger partial charge is 0.253 e. The van der Waals surface area contributed by atoms with Gasteiger partial charge in [-0.15, -0.1) is 10.2 Å². The molecular formula is C17H13N5O. The van der Waals surface area contributed by atoms with Crippen LogP contribution in [0, 0.1) is 0 Å². The van der Waals surface area contributed by atoms with Crippen molar-refractivity contribution in [1.82, 2.24) is 24.9 Å². The van der Waals surface area contributed by atoms with E-state index in [0.29, 0.717) is 17.8 Å². The largest absolute Gasteiger partial charge is 0.348 e. The highest BCUT2D eigenvalue weighted by molar-refractivity contribution is 5.94. The van der Waals surface area contributed by atoms with Crippen molar-refractivity contribution >= 4 is 22.5 Å². The Bertz CT molecular complexity index is 1000. The number of aromatic nitrogens is 4. The number of hydrogen-bond donors (Lipinski definition) is 1. The lowest BCUT2D eigenvalue weighted by Gasteiger charge is -2.08. The lowest BCUT2D eigenvalue weighted by Crippen LogP contribution is -2.23. The van der Waals surface area contributed by atoms with Gasteiger partial charge in [0.25, 0.3) is 5.91 Å². The van der Waals surface area contributed by atoms with Gasteiger partial charge in [0.1, 0.15) is 6.33 Å². The molecule has 6 nitrogen and oxygen atoms in total. The number of nitrogens with one attached hydrogen (secondary N) is 1. The van der Waals surface area contributed by atoms with E-state index in [2.05, 4.69) is 20.5 Å². The summed E-state index contributed by atoms with van der Waals surface area (Å²) < 4.78 is 1.72. The minimum Gasteiger partial charge on any atom is -0.348 e. The van der Waals surface area contributed by atoms with E-state index in [1.807, 2.05) is 30.3 Å². The van der Waals surface area contributed by atoms with E-state index >= 15 is 0 Å². The Morgan fingerprint density at radius 1 is 1.13 bits per heavy atom. The van der Waals surface area contributed by atoms with Crippen LogP contribution >= 0.6 is 0 Å². The van der Waals surface area contributed by atoms with Gasteiger partial charge in [-0.3, -0.25) is 14.2 Å². The fraction of sp³-hybridized carbons (Fsp3) is 0.0588. The highest BCUT2D eigenvalue weighted by atomic mass is 16.1. The van der Waals surface area contributed by atoms with Gasteiger partial charge in [0.2, 0.25) is 0 Å². The zero-order chi connectivity index (χ0) is 15.6. The van der Waals surface area contributed by atoms with Gasteiger partial charge < -0.3 is 5.32 Å². The first-order valence-corrected chi connectivity index (χ1v) is 7.21. The van der Waals surface area contributed by atoms with E-state index in [-0.39, 0.29) is 5.91 Å². The third-order valence-electron chi connectivity index (χ3n) is 3.73. The van der Waals surface area contributed by atoms with E-state index in [1.54, 1.807) is 35.3 Å². The molecule has 0 aliphatic heterocycles. The van der Waals surface area contributed by atoms with Crippen LogP contribution in [-0.4, -0.2) is 25.5 Å². The molecule has 0 spiro atoms. The summed E-state index contributed by atoms with van der Waals surface area (Å²) in [5, 5.41) is 11.7. The minimum absolute atomic E-state index is 0.138. The lowest BCUT2D eigenvalue weighted by atomic mass is 10.1. The van der Waals surface area contributed by atoms with Crippen LogP contribution in [0.5, 0.6) is 0 Å². The number of pyridine rings is 2. The molecule has 0 saturated carbocycles. The number of fused-ring (bicyclic) bond motifs is 2. The average molecular weight is 303 g/mol. The first-order chi connectivity index (χ1) is 11.3. The molecule has 0 bridgehead atoms. The Hall–Kier alpha value is -3.28. The van der Waals surface area contributed by atoms with Gasteiger partial charge in [-0.1, -0.05) is 18.2 Å². The fourth-order valence-electron chi connectivity index (χ4n) is 2.55. The molecule has 4 aromatic rings. The molecule has 1 amide bonds.